The minimum atomic E-state index is -4.35. The number of halogens is 3. The fraction of sp³-hybridized carbons (Fsp3) is 0.273. The van der Waals surface area contributed by atoms with Crippen molar-refractivity contribution in [3.8, 4) is 0 Å². The number of aryl methyl sites for hydroxylation is 1. The van der Waals surface area contributed by atoms with Crippen LogP contribution in [0, 0.1) is 6.92 Å². The predicted octanol–water partition coefficient (Wildman–Crippen LogP) is 3.48. The number of rotatable bonds is 3. The third kappa shape index (κ3) is 3.19. The van der Waals surface area contributed by atoms with E-state index in [1.54, 1.807) is 0 Å². The highest BCUT2D eigenvalue weighted by Crippen LogP contribution is 2.28. The Morgan fingerprint density at radius 1 is 1.33 bits per heavy atom. The number of hydrogen-bond donors (Lipinski definition) is 1. The minimum absolute atomic E-state index is 0.397. The van der Waals surface area contributed by atoms with E-state index in [0.29, 0.717) is 12.4 Å². The van der Waals surface area contributed by atoms with Gasteiger partial charge in [0.25, 0.3) is 0 Å². The lowest BCUT2D eigenvalue weighted by Crippen LogP contribution is -2.07. The van der Waals surface area contributed by atoms with Crippen molar-refractivity contribution < 1.29 is 13.2 Å². The van der Waals surface area contributed by atoms with Gasteiger partial charge in [0.2, 0.25) is 0 Å². The molecule has 0 aliphatic heterocycles. The molecule has 2 rings (SSSR count). The number of anilines is 1. The van der Waals surface area contributed by atoms with E-state index < -0.39 is 11.7 Å². The van der Waals surface area contributed by atoms with Crippen LogP contribution >= 0.6 is 11.3 Å². The summed E-state index contributed by atoms with van der Waals surface area (Å²) in [5.74, 6) is 0.397. The molecule has 2 aromatic rings. The molecule has 0 aliphatic carbocycles. The molecule has 1 N–H and O–H groups in total. The number of nitrogens with one attached hydrogen (secondary N) is 1. The molecular formula is C11H10F3N3S. The van der Waals surface area contributed by atoms with Gasteiger partial charge < -0.3 is 5.32 Å². The first-order chi connectivity index (χ1) is 8.45. The third-order valence-electron chi connectivity index (χ3n) is 2.21. The van der Waals surface area contributed by atoms with Crippen LogP contribution < -0.4 is 5.32 Å². The summed E-state index contributed by atoms with van der Waals surface area (Å²) in [6.45, 7) is 2.34. The van der Waals surface area contributed by atoms with Crippen LogP contribution in [0.5, 0.6) is 0 Å². The largest absolute Gasteiger partial charge is 0.417 e. The predicted molar refractivity (Wildman–Crippen MR) is 63.4 cm³/mol. The maximum atomic E-state index is 12.3. The van der Waals surface area contributed by atoms with Crippen LogP contribution in [0.25, 0.3) is 0 Å². The molecule has 0 atom stereocenters. The highest BCUT2D eigenvalue weighted by Gasteiger charge is 2.30. The summed E-state index contributed by atoms with van der Waals surface area (Å²) in [6.07, 6.45) is -3.54. The molecule has 0 fully saturated rings. The molecule has 3 nitrogen and oxygen atoms in total. The van der Waals surface area contributed by atoms with Crippen molar-refractivity contribution in [3.05, 3.63) is 40.0 Å². The Hall–Kier alpha value is -1.63. The van der Waals surface area contributed by atoms with E-state index in [-0.39, 0.29) is 0 Å². The van der Waals surface area contributed by atoms with E-state index in [4.69, 9.17) is 0 Å². The lowest BCUT2D eigenvalue weighted by Gasteiger charge is -2.07. The molecule has 0 spiro atoms. The Bertz CT molecular complexity index is 519. The topological polar surface area (TPSA) is 37.8 Å². The van der Waals surface area contributed by atoms with Gasteiger partial charge in [-0.05, 0) is 19.1 Å². The number of aromatic nitrogens is 2. The summed E-state index contributed by atoms with van der Waals surface area (Å²) in [7, 11) is 0. The van der Waals surface area contributed by atoms with Crippen LogP contribution in [0.15, 0.2) is 23.7 Å². The van der Waals surface area contributed by atoms with E-state index in [1.807, 2.05) is 12.3 Å². The zero-order valence-corrected chi connectivity index (χ0v) is 10.3. The molecule has 0 amide bonds. The molecule has 0 aliphatic rings. The second-order valence-electron chi connectivity index (χ2n) is 3.64. The number of pyridine rings is 1. The third-order valence-corrected chi connectivity index (χ3v) is 3.03. The fourth-order valence-electron chi connectivity index (χ4n) is 1.34. The van der Waals surface area contributed by atoms with Crippen LogP contribution in [0.3, 0.4) is 0 Å². The van der Waals surface area contributed by atoms with Crippen molar-refractivity contribution in [2.75, 3.05) is 5.32 Å². The van der Waals surface area contributed by atoms with Crippen molar-refractivity contribution in [1.82, 2.24) is 9.97 Å². The van der Waals surface area contributed by atoms with E-state index >= 15 is 0 Å². The van der Waals surface area contributed by atoms with Gasteiger partial charge in [0.1, 0.15) is 5.82 Å². The standard InChI is InChI=1S/C11H10F3N3S/c1-7-17-9(6-18-7)5-16-10-3-2-8(4-15-10)11(12,13)14/h2-4,6H,5H2,1H3,(H,15,16). The molecule has 2 aromatic heterocycles. The highest BCUT2D eigenvalue weighted by atomic mass is 32.1. The zero-order valence-electron chi connectivity index (χ0n) is 9.45. The van der Waals surface area contributed by atoms with Crippen LogP contribution in [0.4, 0.5) is 19.0 Å². The quantitative estimate of drug-likeness (QED) is 0.930. The molecule has 0 bridgehead atoms. The second-order valence-corrected chi connectivity index (χ2v) is 4.70. The Kier molecular flexibility index (Phi) is 3.51. The van der Waals surface area contributed by atoms with Crippen molar-refractivity contribution in [3.63, 3.8) is 0 Å². The van der Waals surface area contributed by atoms with Gasteiger partial charge in [-0.15, -0.1) is 11.3 Å². The SMILES string of the molecule is Cc1nc(CNc2ccc(C(F)(F)F)cn2)cs1. The van der Waals surface area contributed by atoms with Crippen LogP contribution in [-0.2, 0) is 12.7 Å². The lowest BCUT2D eigenvalue weighted by molar-refractivity contribution is -0.137. The molecular weight excluding hydrogens is 263 g/mol. The van der Waals surface area contributed by atoms with E-state index in [0.717, 1.165) is 23.0 Å². The van der Waals surface area contributed by atoms with Gasteiger partial charge in [-0.3, -0.25) is 0 Å². The number of alkyl halides is 3. The van der Waals surface area contributed by atoms with E-state index in [9.17, 15) is 13.2 Å². The molecule has 0 aromatic carbocycles. The smallest absolute Gasteiger partial charge is 0.364 e. The van der Waals surface area contributed by atoms with Gasteiger partial charge in [0.05, 0.1) is 22.8 Å². The number of thiazole rings is 1. The molecule has 0 radical (unpaired) electrons. The molecule has 96 valence electrons. The summed E-state index contributed by atoms with van der Waals surface area (Å²) < 4.78 is 36.9. The van der Waals surface area contributed by atoms with Gasteiger partial charge in [-0.1, -0.05) is 0 Å². The second kappa shape index (κ2) is 4.93. The Labute approximate surface area is 106 Å². The molecule has 0 saturated heterocycles. The van der Waals surface area contributed by atoms with Crippen molar-refractivity contribution in [2.45, 2.75) is 19.6 Å². The normalized spacial score (nSPS) is 11.6. The Morgan fingerprint density at radius 3 is 2.61 bits per heavy atom. The van der Waals surface area contributed by atoms with Crippen molar-refractivity contribution in [1.29, 1.82) is 0 Å². The van der Waals surface area contributed by atoms with Gasteiger partial charge in [-0.2, -0.15) is 13.2 Å². The molecule has 0 unspecified atom stereocenters. The maximum absolute atomic E-state index is 12.3. The lowest BCUT2D eigenvalue weighted by atomic mass is 10.3. The zero-order chi connectivity index (χ0) is 13.2. The number of nitrogens with zero attached hydrogens (tertiary/aromatic N) is 2. The monoisotopic (exact) mass is 273 g/mol. The summed E-state index contributed by atoms with van der Waals surface area (Å²) in [5, 5.41) is 5.76. The first kappa shape index (κ1) is 12.8. The van der Waals surface area contributed by atoms with Gasteiger partial charge in [0.15, 0.2) is 0 Å². The Balaban J connectivity index is 1.98. The molecule has 2 heterocycles. The molecule has 18 heavy (non-hydrogen) atoms. The summed E-state index contributed by atoms with van der Waals surface area (Å²) >= 11 is 1.53. The average molecular weight is 273 g/mol. The summed E-state index contributed by atoms with van der Waals surface area (Å²) in [5.41, 5.74) is 0.0942. The Morgan fingerprint density at radius 2 is 2.11 bits per heavy atom. The summed E-state index contributed by atoms with van der Waals surface area (Å²) in [4.78, 5) is 7.94. The van der Waals surface area contributed by atoms with Gasteiger partial charge >= 0.3 is 6.18 Å². The minimum Gasteiger partial charge on any atom is -0.364 e. The highest BCUT2D eigenvalue weighted by molar-refractivity contribution is 7.09. The van der Waals surface area contributed by atoms with Gasteiger partial charge in [-0.25, -0.2) is 9.97 Å². The fourth-order valence-corrected chi connectivity index (χ4v) is 1.95. The molecule has 7 heteroatoms. The van der Waals surface area contributed by atoms with Crippen LogP contribution in [-0.4, -0.2) is 9.97 Å². The van der Waals surface area contributed by atoms with Gasteiger partial charge in [0, 0.05) is 11.6 Å². The number of hydrogen-bond acceptors (Lipinski definition) is 4. The first-order valence-corrected chi connectivity index (χ1v) is 6.01. The summed E-state index contributed by atoms with van der Waals surface area (Å²) in [6, 6.07) is 2.31. The van der Waals surface area contributed by atoms with Crippen molar-refractivity contribution in [2.24, 2.45) is 0 Å². The average Bonchev–Trinajstić information content (AvgIpc) is 2.72. The van der Waals surface area contributed by atoms with Crippen molar-refractivity contribution >= 4 is 17.2 Å². The van der Waals surface area contributed by atoms with E-state index in [2.05, 4.69) is 15.3 Å². The van der Waals surface area contributed by atoms with E-state index in [1.165, 1.54) is 17.4 Å². The maximum Gasteiger partial charge on any atom is 0.417 e. The van der Waals surface area contributed by atoms with Crippen LogP contribution in [0.2, 0.25) is 0 Å². The molecule has 0 saturated carbocycles. The van der Waals surface area contributed by atoms with Crippen LogP contribution in [0.1, 0.15) is 16.3 Å². The first-order valence-electron chi connectivity index (χ1n) is 5.13.